The van der Waals surface area contributed by atoms with Gasteiger partial charge in [-0.15, -0.1) is 11.6 Å². The summed E-state index contributed by atoms with van der Waals surface area (Å²) in [6, 6.07) is 2.83. The first-order chi connectivity index (χ1) is 10.6. The van der Waals surface area contributed by atoms with Crippen molar-refractivity contribution in [3.05, 3.63) is 29.3 Å². The van der Waals surface area contributed by atoms with Crippen LogP contribution in [0.4, 0.5) is 4.39 Å². The number of imidazole rings is 1. The van der Waals surface area contributed by atoms with E-state index in [1.54, 1.807) is 13.0 Å². The Kier molecular flexibility index (Phi) is 4.34. The van der Waals surface area contributed by atoms with Crippen LogP contribution in [0, 0.1) is 11.7 Å². The first-order valence-corrected chi connectivity index (χ1v) is 8.09. The molecule has 1 aromatic carbocycles. The van der Waals surface area contributed by atoms with E-state index in [1.807, 2.05) is 4.57 Å². The molecule has 0 atom stereocenters. The summed E-state index contributed by atoms with van der Waals surface area (Å²) in [7, 11) is 0. The third-order valence-corrected chi connectivity index (χ3v) is 4.42. The zero-order chi connectivity index (χ0) is 15.7. The minimum Gasteiger partial charge on any atom is -0.462 e. The quantitative estimate of drug-likeness (QED) is 0.619. The van der Waals surface area contributed by atoms with Crippen molar-refractivity contribution in [2.75, 3.05) is 6.61 Å². The highest BCUT2D eigenvalue weighted by atomic mass is 35.5. The fourth-order valence-corrected chi connectivity index (χ4v) is 3.01. The summed E-state index contributed by atoms with van der Waals surface area (Å²) in [5.41, 5.74) is 1.09. The number of halogens is 2. The molecule has 0 N–H and O–H groups in total. The van der Waals surface area contributed by atoms with E-state index in [2.05, 4.69) is 4.98 Å². The fourth-order valence-electron chi connectivity index (χ4n) is 2.80. The summed E-state index contributed by atoms with van der Waals surface area (Å²) >= 11 is 5.96. The molecule has 6 heteroatoms. The molecule has 0 saturated heterocycles. The number of carbonyl (C=O) groups is 1. The van der Waals surface area contributed by atoms with Crippen molar-refractivity contribution in [3.8, 4) is 0 Å². The molecular weight excluding hydrogens is 307 g/mol. The highest BCUT2D eigenvalue weighted by molar-refractivity contribution is 6.16. The van der Waals surface area contributed by atoms with Crippen molar-refractivity contribution in [1.29, 1.82) is 0 Å². The Morgan fingerprint density at radius 1 is 1.50 bits per heavy atom. The van der Waals surface area contributed by atoms with E-state index in [0.717, 1.165) is 6.54 Å². The number of fused-ring (bicyclic) bond motifs is 1. The molecule has 0 radical (unpaired) electrons. The van der Waals surface area contributed by atoms with Gasteiger partial charge in [0.1, 0.15) is 11.3 Å². The molecule has 0 bridgehead atoms. The number of hydrogen-bond acceptors (Lipinski definition) is 3. The Morgan fingerprint density at radius 3 is 2.86 bits per heavy atom. The first-order valence-electron chi connectivity index (χ1n) is 7.55. The maximum absolute atomic E-state index is 14.3. The van der Waals surface area contributed by atoms with Gasteiger partial charge in [0, 0.05) is 6.54 Å². The average molecular weight is 325 g/mol. The van der Waals surface area contributed by atoms with E-state index in [0.29, 0.717) is 17.3 Å². The monoisotopic (exact) mass is 324 g/mol. The standard InChI is InChI=1S/C16H18ClFN2O2/c1-2-22-16(21)11-6-12(18)15-13(7-11)20(14(8-17)19-15)9-10-4-3-5-10/h6-7,10H,2-5,8-9H2,1H3. The average Bonchev–Trinajstić information content (AvgIpc) is 2.81. The van der Waals surface area contributed by atoms with Gasteiger partial charge in [0.2, 0.25) is 0 Å². The van der Waals surface area contributed by atoms with Crippen LogP contribution in [0.2, 0.25) is 0 Å². The van der Waals surface area contributed by atoms with E-state index >= 15 is 0 Å². The van der Waals surface area contributed by atoms with Gasteiger partial charge >= 0.3 is 5.97 Å². The lowest BCUT2D eigenvalue weighted by atomic mass is 9.85. The van der Waals surface area contributed by atoms with Gasteiger partial charge < -0.3 is 9.30 Å². The van der Waals surface area contributed by atoms with Gasteiger partial charge in [-0.3, -0.25) is 0 Å². The largest absolute Gasteiger partial charge is 0.462 e. The predicted molar refractivity (Wildman–Crippen MR) is 82.5 cm³/mol. The van der Waals surface area contributed by atoms with Crippen molar-refractivity contribution in [1.82, 2.24) is 9.55 Å². The van der Waals surface area contributed by atoms with Gasteiger partial charge in [0.15, 0.2) is 5.82 Å². The summed E-state index contributed by atoms with van der Waals surface area (Å²) < 4.78 is 21.2. The molecule has 0 spiro atoms. The third-order valence-electron chi connectivity index (χ3n) is 4.18. The Hall–Kier alpha value is -1.62. The second kappa shape index (κ2) is 6.24. The molecule has 1 aromatic heterocycles. The number of ether oxygens (including phenoxy) is 1. The number of benzene rings is 1. The van der Waals surface area contributed by atoms with E-state index in [1.165, 1.54) is 25.3 Å². The molecule has 118 valence electrons. The van der Waals surface area contributed by atoms with Gasteiger partial charge in [-0.2, -0.15) is 0 Å². The van der Waals surface area contributed by atoms with Crippen molar-refractivity contribution >= 4 is 28.6 Å². The van der Waals surface area contributed by atoms with Gasteiger partial charge in [0.05, 0.1) is 23.6 Å². The maximum Gasteiger partial charge on any atom is 0.338 e. The van der Waals surface area contributed by atoms with Crippen LogP contribution in [0.15, 0.2) is 12.1 Å². The number of nitrogens with zero attached hydrogens (tertiary/aromatic N) is 2. The number of esters is 1. The number of aromatic nitrogens is 2. The predicted octanol–water partition coefficient (Wildman–Crippen LogP) is 3.89. The summed E-state index contributed by atoms with van der Waals surface area (Å²) in [5.74, 6) is 0.402. The zero-order valence-electron chi connectivity index (χ0n) is 12.4. The molecule has 1 fully saturated rings. The normalized spacial score (nSPS) is 15.0. The molecule has 2 aromatic rings. The van der Waals surface area contributed by atoms with Crippen LogP contribution in [0.1, 0.15) is 42.4 Å². The van der Waals surface area contributed by atoms with Crippen molar-refractivity contribution in [2.24, 2.45) is 5.92 Å². The molecule has 0 amide bonds. The lowest BCUT2D eigenvalue weighted by molar-refractivity contribution is 0.0526. The Bertz CT molecular complexity index is 710. The first kappa shape index (κ1) is 15.3. The minimum absolute atomic E-state index is 0.211. The molecule has 1 heterocycles. The Morgan fingerprint density at radius 2 is 2.27 bits per heavy atom. The number of carbonyl (C=O) groups excluding carboxylic acids is 1. The van der Waals surface area contributed by atoms with Gasteiger partial charge in [-0.05, 0) is 37.8 Å². The topological polar surface area (TPSA) is 44.1 Å². The zero-order valence-corrected chi connectivity index (χ0v) is 13.2. The molecule has 0 unspecified atom stereocenters. The highest BCUT2D eigenvalue weighted by Gasteiger charge is 2.23. The van der Waals surface area contributed by atoms with E-state index < -0.39 is 11.8 Å². The second-order valence-electron chi connectivity index (χ2n) is 5.62. The lowest BCUT2D eigenvalue weighted by Crippen LogP contribution is -2.19. The molecule has 3 rings (SSSR count). The smallest absolute Gasteiger partial charge is 0.338 e. The minimum atomic E-state index is -0.521. The van der Waals surface area contributed by atoms with Crippen molar-refractivity contribution in [2.45, 2.75) is 38.6 Å². The number of alkyl halides is 1. The van der Waals surface area contributed by atoms with E-state index in [-0.39, 0.29) is 23.6 Å². The van der Waals surface area contributed by atoms with E-state index in [9.17, 15) is 9.18 Å². The summed E-state index contributed by atoms with van der Waals surface area (Å²) in [5, 5.41) is 0. The van der Waals surface area contributed by atoms with Crippen LogP contribution in [0.5, 0.6) is 0 Å². The van der Waals surface area contributed by atoms with Crippen LogP contribution in [0.3, 0.4) is 0 Å². The van der Waals surface area contributed by atoms with Gasteiger partial charge in [-0.1, -0.05) is 6.42 Å². The van der Waals surface area contributed by atoms with Crippen molar-refractivity contribution < 1.29 is 13.9 Å². The molecule has 1 saturated carbocycles. The van der Waals surface area contributed by atoms with Gasteiger partial charge in [-0.25, -0.2) is 14.2 Å². The maximum atomic E-state index is 14.3. The SMILES string of the molecule is CCOC(=O)c1cc(F)c2nc(CCl)n(CC3CCC3)c2c1. The summed E-state index contributed by atoms with van der Waals surface area (Å²) in [6.45, 7) is 2.75. The number of hydrogen-bond donors (Lipinski definition) is 0. The van der Waals surface area contributed by atoms with Crippen LogP contribution in [-0.4, -0.2) is 22.1 Å². The van der Waals surface area contributed by atoms with Crippen LogP contribution in [-0.2, 0) is 17.2 Å². The molecule has 22 heavy (non-hydrogen) atoms. The fraction of sp³-hybridized carbons (Fsp3) is 0.500. The molecule has 1 aliphatic carbocycles. The molecule has 1 aliphatic rings. The third kappa shape index (κ3) is 2.70. The summed E-state index contributed by atoms with van der Waals surface area (Å²) in [6.07, 6.45) is 3.57. The van der Waals surface area contributed by atoms with Crippen LogP contribution >= 0.6 is 11.6 Å². The van der Waals surface area contributed by atoms with Crippen LogP contribution in [0.25, 0.3) is 11.0 Å². The Balaban J connectivity index is 2.08. The van der Waals surface area contributed by atoms with E-state index in [4.69, 9.17) is 16.3 Å². The number of rotatable bonds is 5. The molecular formula is C16H18ClFN2O2. The van der Waals surface area contributed by atoms with Crippen LogP contribution < -0.4 is 0 Å². The van der Waals surface area contributed by atoms with Crippen molar-refractivity contribution in [3.63, 3.8) is 0 Å². The van der Waals surface area contributed by atoms with Gasteiger partial charge in [0.25, 0.3) is 0 Å². The molecule has 4 nitrogen and oxygen atoms in total. The molecule has 0 aliphatic heterocycles. The Labute approximate surface area is 133 Å². The lowest BCUT2D eigenvalue weighted by Gasteiger charge is -2.26. The highest BCUT2D eigenvalue weighted by Crippen LogP contribution is 2.31. The summed E-state index contributed by atoms with van der Waals surface area (Å²) in [4.78, 5) is 16.2. The second-order valence-corrected chi connectivity index (χ2v) is 5.88.